The summed E-state index contributed by atoms with van der Waals surface area (Å²) in [7, 11) is 0. The van der Waals surface area contributed by atoms with Crippen LogP contribution < -0.4 is 11.3 Å². The topological polar surface area (TPSA) is 102 Å². The Morgan fingerprint density at radius 3 is 2.67 bits per heavy atom. The van der Waals surface area contributed by atoms with Crippen molar-refractivity contribution < 1.29 is 4.79 Å². The fourth-order valence-corrected chi connectivity index (χ4v) is 3.38. The van der Waals surface area contributed by atoms with Crippen molar-refractivity contribution in [3.05, 3.63) is 62.5 Å². The van der Waals surface area contributed by atoms with Crippen molar-refractivity contribution >= 4 is 34.4 Å². The third kappa shape index (κ3) is 2.35. The number of H-pyrrole nitrogens is 1. The second kappa shape index (κ2) is 5.42. The maximum absolute atomic E-state index is 12.5. The van der Waals surface area contributed by atoms with E-state index in [2.05, 4.69) is 15.0 Å². The second-order valence-electron chi connectivity index (χ2n) is 5.88. The first kappa shape index (κ1) is 14.8. The van der Waals surface area contributed by atoms with Crippen molar-refractivity contribution in [2.24, 2.45) is 0 Å². The van der Waals surface area contributed by atoms with Crippen molar-refractivity contribution in [3.63, 3.8) is 0 Å². The van der Waals surface area contributed by atoms with Gasteiger partial charge in [0, 0.05) is 23.2 Å². The zero-order chi connectivity index (χ0) is 16.8. The fraction of sp³-hybridized carbons (Fsp3) is 0.176. The van der Waals surface area contributed by atoms with Crippen LogP contribution in [0.4, 0.5) is 5.95 Å². The third-order valence-electron chi connectivity index (χ3n) is 4.39. The number of aromatic nitrogens is 3. The predicted molar refractivity (Wildman–Crippen MR) is 91.4 cm³/mol. The molecule has 7 heteroatoms. The van der Waals surface area contributed by atoms with Gasteiger partial charge in [-0.25, -0.2) is 4.98 Å². The summed E-state index contributed by atoms with van der Waals surface area (Å²) in [4.78, 5) is 35.5. The van der Waals surface area contributed by atoms with E-state index in [1.165, 1.54) is 6.20 Å². The number of nitrogens with zero attached hydrogens (tertiary/aromatic N) is 2. The van der Waals surface area contributed by atoms with Gasteiger partial charge in [-0.15, -0.1) is 0 Å². The van der Waals surface area contributed by atoms with Crippen molar-refractivity contribution in [1.82, 2.24) is 15.0 Å². The second-order valence-corrected chi connectivity index (χ2v) is 6.32. The quantitative estimate of drug-likeness (QED) is 0.708. The lowest BCUT2D eigenvalue weighted by Gasteiger charge is -2.24. The van der Waals surface area contributed by atoms with Gasteiger partial charge < -0.3 is 5.73 Å². The molecule has 1 aromatic carbocycles. The highest BCUT2D eigenvalue weighted by Gasteiger charge is 2.29. The van der Waals surface area contributed by atoms with Crippen LogP contribution in [0, 0.1) is 0 Å². The summed E-state index contributed by atoms with van der Waals surface area (Å²) in [5.74, 6) is -0.0250. The predicted octanol–water partition coefficient (Wildman–Crippen LogP) is 2.47. The number of rotatable bonds is 1. The van der Waals surface area contributed by atoms with Crippen LogP contribution in [-0.4, -0.2) is 20.7 Å². The van der Waals surface area contributed by atoms with E-state index in [0.717, 1.165) is 5.56 Å². The lowest BCUT2D eigenvalue weighted by atomic mass is 9.79. The molecule has 0 spiro atoms. The first-order chi connectivity index (χ1) is 11.5. The SMILES string of the molecule is Nc1nc2ncc3c(c2c(=O)[nH]1)CC(c1ccc(Cl)cc1)CC3=O. The van der Waals surface area contributed by atoms with Crippen molar-refractivity contribution in [1.29, 1.82) is 0 Å². The van der Waals surface area contributed by atoms with Crippen LogP contribution in [0.5, 0.6) is 0 Å². The van der Waals surface area contributed by atoms with Crippen LogP contribution in [0.1, 0.15) is 33.8 Å². The van der Waals surface area contributed by atoms with Crippen molar-refractivity contribution in [3.8, 4) is 0 Å². The number of halogens is 1. The van der Waals surface area contributed by atoms with Gasteiger partial charge >= 0.3 is 0 Å². The van der Waals surface area contributed by atoms with Gasteiger partial charge in [0.25, 0.3) is 5.56 Å². The molecule has 0 radical (unpaired) electrons. The molecule has 120 valence electrons. The summed E-state index contributed by atoms with van der Waals surface area (Å²) in [5, 5.41) is 0.987. The lowest BCUT2D eigenvalue weighted by Crippen LogP contribution is -2.23. The molecule has 2 heterocycles. The summed E-state index contributed by atoms with van der Waals surface area (Å²) in [6, 6.07) is 7.43. The average Bonchev–Trinajstić information content (AvgIpc) is 2.54. The van der Waals surface area contributed by atoms with E-state index in [9.17, 15) is 9.59 Å². The number of aromatic amines is 1. The number of pyridine rings is 1. The molecule has 1 unspecified atom stereocenters. The zero-order valence-electron chi connectivity index (χ0n) is 12.5. The van der Waals surface area contributed by atoms with Crippen LogP contribution in [0.25, 0.3) is 11.0 Å². The Bertz CT molecular complexity index is 1030. The van der Waals surface area contributed by atoms with Crippen molar-refractivity contribution in [2.75, 3.05) is 5.73 Å². The Kier molecular flexibility index (Phi) is 3.35. The Morgan fingerprint density at radius 1 is 1.17 bits per heavy atom. The van der Waals surface area contributed by atoms with E-state index < -0.39 is 0 Å². The molecule has 2 aromatic heterocycles. The number of Topliss-reactive ketones (excluding diaryl/α,β-unsaturated/α-hetero) is 1. The normalized spacial score (nSPS) is 17.0. The Morgan fingerprint density at radius 2 is 1.92 bits per heavy atom. The van der Waals surface area contributed by atoms with E-state index >= 15 is 0 Å². The van der Waals surface area contributed by atoms with Crippen LogP contribution in [0.3, 0.4) is 0 Å². The van der Waals surface area contributed by atoms with E-state index in [1.54, 1.807) is 12.1 Å². The number of carbonyl (C=O) groups is 1. The molecule has 1 aliphatic carbocycles. The highest BCUT2D eigenvalue weighted by atomic mass is 35.5. The van der Waals surface area contributed by atoms with Crippen LogP contribution in [0.2, 0.25) is 5.02 Å². The number of ketones is 1. The van der Waals surface area contributed by atoms with E-state index in [0.29, 0.717) is 34.4 Å². The number of hydrogen-bond acceptors (Lipinski definition) is 5. The Balaban J connectivity index is 1.89. The molecule has 0 saturated heterocycles. The summed E-state index contributed by atoms with van der Waals surface area (Å²) in [6.07, 6.45) is 2.43. The largest absolute Gasteiger partial charge is 0.369 e. The van der Waals surface area contributed by atoms with Gasteiger partial charge in [0.2, 0.25) is 5.95 Å². The van der Waals surface area contributed by atoms with Gasteiger partial charge in [-0.1, -0.05) is 23.7 Å². The number of nitrogen functional groups attached to an aromatic ring is 1. The number of benzene rings is 1. The highest BCUT2D eigenvalue weighted by Crippen LogP contribution is 2.34. The van der Waals surface area contributed by atoms with Crippen LogP contribution in [-0.2, 0) is 6.42 Å². The molecule has 1 aliphatic rings. The van der Waals surface area contributed by atoms with Crippen molar-refractivity contribution in [2.45, 2.75) is 18.8 Å². The number of carbonyl (C=O) groups excluding carboxylic acids is 1. The lowest BCUT2D eigenvalue weighted by molar-refractivity contribution is 0.0964. The molecule has 0 fully saturated rings. The van der Waals surface area contributed by atoms with Gasteiger partial charge in [-0.3, -0.25) is 14.6 Å². The molecule has 0 amide bonds. The minimum atomic E-state index is -0.369. The van der Waals surface area contributed by atoms with E-state index in [-0.39, 0.29) is 28.9 Å². The molecule has 3 aromatic rings. The molecule has 3 N–H and O–H groups in total. The zero-order valence-corrected chi connectivity index (χ0v) is 13.3. The first-order valence-electron chi connectivity index (χ1n) is 7.49. The van der Waals surface area contributed by atoms with Crippen LogP contribution >= 0.6 is 11.6 Å². The molecule has 24 heavy (non-hydrogen) atoms. The van der Waals surface area contributed by atoms with Gasteiger partial charge in [0.05, 0.1) is 5.39 Å². The summed E-state index contributed by atoms with van der Waals surface area (Å²) < 4.78 is 0. The molecule has 0 bridgehead atoms. The highest BCUT2D eigenvalue weighted by molar-refractivity contribution is 6.30. The molecule has 1 atom stereocenters. The minimum Gasteiger partial charge on any atom is -0.369 e. The van der Waals surface area contributed by atoms with Gasteiger partial charge in [-0.2, -0.15) is 4.98 Å². The van der Waals surface area contributed by atoms with E-state index in [4.69, 9.17) is 17.3 Å². The minimum absolute atomic E-state index is 0.00943. The smallest absolute Gasteiger partial charge is 0.262 e. The summed E-state index contributed by atoms with van der Waals surface area (Å²) >= 11 is 5.93. The number of fused-ring (bicyclic) bond motifs is 3. The number of anilines is 1. The Labute approximate surface area is 141 Å². The first-order valence-corrected chi connectivity index (χ1v) is 7.87. The monoisotopic (exact) mass is 340 g/mol. The number of nitrogens with two attached hydrogens (primary N) is 1. The maximum Gasteiger partial charge on any atom is 0.262 e. The van der Waals surface area contributed by atoms with Gasteiger partial charge in [0.1, 0.15) is 0 Å². The molecular formula is C17H13ClN4O2. The fourth-order valence-electron chi connectivity index (χ4n) is 3.26. The number of hydrogen-bond donors (Lipinski definition) is 2. The molecule has 4 rings (SSSR count). The standard InChI is InChI=1S/C17H13ClN4O2/c18-10-3-1-8(2-4-10)9-5-11-12(13(23)6-9)7-20-15-14(11)16(24)22-17(19)21-15/h1-4,7,9H,5-6H2,(H3,19,20,21,22,24). The molecule has 0 aliphatic heterocycles. The molecule has 0 saturated carbocycles. The van der Waals surface area contributed by atoms with Crippen LogP contribution in [0.15, 0.2) is 35.3 Å². The van der Waals surface area contributed by atoms with E-state index in [1.807, 2.05) is 12.1 Å². The molecular weight excluding hydrogens is 328 g/mol. The third-order valence-corrected chi connectivity index (χ3v) is 4.64. The summed E-state index contributed by atoms with van der Waals surface area (Å²) in [5.41, 5.74) is 7.66. The Hall–Kier alpha value is -2.73. The van der Waals surface area contributed by atoms with Gasteiger partial charge in [-0.05, 0) is 35.6 Å². The molecule has 6 nitrogen and oxygen atoms in total. The average molecular weight is 341 g/mol. The number of nitrogens with one attached hydrogen (secondary N) is 1. The maximum atomic E-state index is 12.5. The summed E-state index contributed by atoms with van der Waals surface area (Å²) in [6.45, 7) is 0. The van der Waals surface area contributed by atoms with Gasteiger partial charge in [0.15, 0.2) is 11.4 Å².